The van der Waals surface area contributed by atoms with Gasteiger partial charge in [-0.15, -0.1) is 0 Å². The zero-order valence-electron chi connectivity index (χ0n) is 14.3. The molecule has 3 amide bonds. The quantitative estimate of drug-likeness (QED) is 0.795. The molecule has 0 aromatic carbocycles. The summed E-state index contributed by atoms with van der Waals surface area (Å²) >= 11 is 0. The summed E-state index contributed by atoms with van der Waals surface area (Å²) in [5.41, 5.74) is 0. The van der Waals surface area contributed by atoms with Gasteiger partial charge in [-0.05, 0) is 25.0 Å². The predicted octanol–water partition coefficient (Wildman–Crippen LogP) is -0.224. The molecule has 0 aliphatic carbocycles. The molecule has 2 saturated heterocycles. The average Bonchev–Trinajstić information content (AvgIpc) is 3.33. The monoisotopic (exact) mass is 348 g/mol. The standard InChI is InChI=1S/C17H24N4O4/c22-15(18-12-16(23)20-5-1-2-6-20)13-19-7-9-21(10-8-19)17(24)14-4-3-11-25-14/h3-4,11H,1-2,5-10,12-13H2,(H,18,22). The molecule has 2 aliphatic rings. The van der Waals surface area contributed by atoms with Crippen LogP contribution in [0.3, 0.4) is 0 Å². The maximum absolute atomic E-state index is 12.2. The molecule has 8 nitrogen and oxygen atoms in total. The minimum absolute atomic E-state index is 0.0142. The van der Waals surface area contributed by atoms with Gasteiger partial charge in [0.2, 0.25) is 11.8 Å². The first-order chi connectivity index (χ1) is 12.1. The lowest BCUT2D eigenvalue weighted by atomic mass is 10.3. The first-order valence-corrected chi connectivity index (χ1v) is 8.73. The Morgan fingerprint density at radius 2 is 1.72 bits per heavy atom. The van der Waals surface area contributed by atoms with Crippen molar-refractivity contribution in [3.63, 3.8) is 0 Å². The molecule has 0 saturated carbocycles. The largest absolute Gasteiger partial charge is 0.459 e. The first kappa shape index (κ1) is 17.5. The van der Waals surface area contributed by atoms with Gasteiger partial charge in [0.1, 0.15) is 0 Å². The van der Waals surface area contributed by atoms with Crippen LogP contribution >= 0.6 is 0 Å². The van der Waals surface area contributed by atoms with E-state index in [1.807, 2.05) is 4.90 Å². The van der Waals surface area contributed by atoms with E-state index in [2.05, 4.69) is 5.32 Å². The van der Waals surface area contributed by atoms with Crippen molar-refractivity contribution in [2.45, 2.75) is 12.8 Å². The van der Waals surface area contributed by atoms with Crippen molar-refractivity contribution >= 4 is 17.7 Å². The van der Waals surface area contributed by atoms with E-state index in [0.29, 0.717) is 31.9 Å². The van der Waals surface area contributed by atoms with Crippen LogP contribution in [0.15, 0.2) is 22.8 Å². The van der Waals surface area contributed by atoms with E-state index in [0.717, 1.165) is 25.9 Å². The van der Waals surface area contributed by atoms with E-state index in [-0.39, 0.29) is 30.8 Å². The Morgan fingerprint density at radius 3 is 2.36 bits per heavy atom. The summed E-state index contributed by atoms with van der Waals surface area (Å²) in [5, 5.41) is 2.70. The van der Waals surface area contributed by atoms with Crippen LogP contribution < -0.4 is 5.32 Å². The van der Waals surface area contributed by atoms with Crippen LogP contribution in [0.2, 0.25) is 0 Å². The molecule has 1 aromatic rings. The lowest BCUT2D eigenvalue weighted by Crippen LogP contribution is -2.51. The number of nitrogens with zero attached hydrogens (tertiary/aromatic N) is 3. The van der Waals surface area contributed by atoms with Crippen molar-refractivity contribution < 1.29 is 18.8 Å². The molecule has 2 fully saturated rings. The molecule has 0 radical (unpaired) electrons. The van der Waals surface area contributed by atoms with E-state index < -0.39 is 0 Å². The van der Waals surface area contributed by atoms with Gasteiger partial charge in [-0.2, -0.15) is 0 Å². The van der Waals surface area contributed by atoms with E-state index in [9.17, 15) is 14.4 Å². The van der Waals surface area contributed by atoms with E-state index in [1.54, 1.807) is 21.9 Å². The molecule has 8 heteroatoms. The van der Waals surface area contributed by atoms with Crippen molar-refractivity contribution in [1.29, 1.82) is 0 Å². The highest BCUT2D eigenvalue weighted by Crippen LogP contribution is 2.09. The van der Waals surface area contributed by atoms with Gasteiger partial charge in [-0.25, -0.2) is 0 Å². The Hall–Kier alpha value is -2.35. The number of rotatable bonds is 5. The molecule has 3 rings (SSSR count). The fraction of sp³-hybridized carbons (Fsp3) is 0.588. The van der Waals surface area contributed by atoms with E-state index in [4.69, 9.17) is 4.42 Å². The molecular formula is C17H24N4O4. The summed E-state index contributed by atoms with van der Waals surface area (Å²) in [4.78, 5) is 41.6. The zero-order chi connectivity index (χ0) is 17.6. The lowest BCUT2D eigenvalue weighted by molar-refractivity contribution is -0.132. The van der Waals surface area contributed by atoms with Gasteiger partial charge in [0.25, 0.3) is 5.91 Å². The Kier molecular flexibility index (Phi) is 5.70. The minimum Gasteiger partial charge on any atom is -0.459 e. The number of hydrogen-bond acceptors (Lipinski definition) is 5. The highest BCUT2D eigenvalue weighted by molar-refractivity contribution is 5.91. The fourth-order valence-corrected chi connectivity index (χ4v) is 3.18. The van der Waals surface area contributed by atoms with Crippen LogP contribution in [-0.2, 0) is 9.59 Å². The summed E-state index contributed by atoms with van der Waals surface area (Å²) in [7, 11) is 0. The van der Waals surface area contributed by atoms with E-state index in [1.165, 1.54) is 6.26 Å². The summed E-state index contributed by atoms with van der Waals surface area (Å²) in [6.07, 6.45) is 3.57. The molecule has 1 aromatic heterocycles. The van der Waals surface area contributed by atoms with Crippen molar-refractivity contribution in [3.05, 3.63) is 24.2 Å². The second kappa shape index (κ2) is 8.15. The third-order valence-corrected chi connectivity index (χ3v) is 4.65. The number of carbonyl (C=O) groups is 3. The SMILES string of the molecule is O=C(CN1CCN(C(=O)c2ccco2)CC1)NCC(=O)N1CCCC1. The van der Waals surface area contributed by atoms with Gasteiger partial charge >= 0.3 is 0 Å². The second-order valence-corrected chi connectivity index (χ2v) is 6.41. The second-order valence-electron chi connectivity index (χ2n) is 6.41. The van der Waals surface area contributed by atoms with Crippen LogP contribution in [-0.4, -0.2) is 84.8 Å². The fourth-order valence-electron chi connectivity index (χ4n) is 3.18. The molecule has 0 spiro atoms. The number of hydrogen-bond donors (Lipinski definition) is 1. The predicted molar refractivity (Wildman–Crippen MR) is 89.9 cm³/mol. The maximum atomic E-state index is 12.2. The normalized spacial score (nSPS) is 18.4. The van der Waals surface area contributed by atoms with Crippen LogP contribution in [0.25, 0.3) is 0 Å². The van der Waals surface area contributed by atoms with Crippen LogP contribution in [0.1, 0.15) is 23.4 Å². The smallest absolute Gasteiger partial charge is 0.289 e. The number of nitrogens with one attached hydrogen (secondary N) is 1. The summed E-state index contributed by atoms with van der Waals surface area (Å²) in [5.74, 6) is 0.0509. The molecule has 25 heavy (non-hydrogen) atoms. The number of carbonyl (C=O) groups excluding carboxylic acids is 3. The van der Waals surface area contributed by atoms with Crippen molar-refractivity contribution in [2.75, 3.05) is 52.4 Å². The number of piperazine rings is 1. The minimum atomic E-state index is -0.154. The topological polar surface area (TPSA) is 86.1 Å². The van der Waals surface area contributed by atoms with Crippen LogP contribution in [0, 0.1) is 0 Å². The van der Waals surface area contributed by atoms with Crippen LogP contribution in [0.4, 0.5) is 0 Å². The van der Waals surface area contributed by atoms with Crippen molar-refractivity contribution in [2.24, 2.45) is 0 Å². The zero-order valence-corrected chi connectivity index (χ0v) is 14.3. The maximum Gasteiger partial charge on any atom is 0.289 e. The highest BCUT2D eigenvalue weighted by Gasteiger charge is 2.25. The summed E-state index contributed by atoms with van der Waals surface area (Å²) in [6, 6.07) is 3.34. The van der Waals surface area contributed by atoms with Gasteiger partial charge in [-0.1, -0.05) is 0 Å². The number of furan rings is 1. The highest BCUT2D eigenvalue weighted by atomic mass is 16.3. The molecule has 0 bridgehead atoms. The average molecular weight is 348 g/mol. The van der Waals surface area contributed by atoms with Crippen molar-refractivity contribution in [1.82, 2.24) is 20.0 Å². The third kappa shape index (κ3) is 4.60. The van der Waals surface area contributed by atoms with E-state index >= 15 is 0 Å². The Bertz CT molecular complexity index is 602. The van der Waals surface area contributed by atoms with Gasteiger partial charge < -0.3 is 19.5 Å². The summed E-state index contributed by atoms with van der Waals surface area (Å²) in [6.45, 7) is 4.26. The Balaban J connectivity index is 1.36. The molecule has 136 valence electrons. The molecule has 1 N–H and O–H groups in total. The van der Waals surface area contributed by atoms with Crippen LogP contribution in [0.5, 0.6) is 0 Å². The molecule has 2 aliphatic heterocycles. The Morgan fingerprint density at radius 1 is 1.00 bits per heavy atom. The van der Waals surface area contributed by atoms with Gasteiger partial charge in [0.05, 0.1) is 19.4 Å². The molecule has 0 unspecified atom stereocenters. The molecule has 0 atom stereocenters. The molecular weight excluding hydrogens is 324 g/mol. The first-order valence-electron chi connectivity index (χ1n) is 8.73. The number of amides is 3. The van der Waals surface area contributed by atoms with Gasteiger partial charge in [0.15, 0.2) is 5.76 Å². The molecule has 3 heterocycles. The summed E-state index contributed by atoms with van der Waals surface area (Å²) < 4.78 is 5.13. The Labute approximate surface area is 146 Å². The lowest BCUT2D eigenvalue weighted by Gasteiger charge is -2.33. The third-order valence-electron chi connectivity index (χ3n) is 4.65. The van der Waals surface area contributed by atoms with Gasteiger partial charge in [0, 0.05) is 39.3 Å². The van der Waals surface area contributed by atoms with Gasteiger partial charge in [-0.3, -0.25) is 19.3 Å². The number of likely N-dealkylation sites (tertiary alicyclic amines) is 1. The van der Waals surface area contributed by atoms with Crippen molar-refractivity contribution in [3.8, 4) is 0 Å².